The molecule has 1 aromatic carbocycles. The first-order valence-electron chi connectivity index (χ1n) is 8.84. The Morgan fingerprint density at radius 3 is 2.78 bits per heavy atom. The SMILES string of the molecule is CCc1cccc(NC(N)=NCc2ccc(C(=O)OC)c(C3CC3)n2)c1.I. The highest BCUT2D eigenvalue weighted by Crippen LogP contribution is 2.40. The molecule has 0 amide bonds. The molecule has 1 saturated carbocycles. The van der Waals surface area contributed by atoms with Crippen LogP contribution in [-0.4, -0.2) is 24.0 Å². The molecule has 144 valence electrons. The van der Waals surface area contributed by atoms with Gasteiger partial charge in [0.15, 0.2) is 5.96 Å². The highest BCUT2D eigenvalue weighted by atomic mass is 127. The van der Waals surface area contributed by atoms with Gasteiger partial charge in [0.05, 0.1) is 30.6 Å². The van der Waals surface area contributed by atoms with E-state index in [1.54, 1.807) is 12.1 Å². The molecule has 3 rings (SSSR count). The molecule has 0 spiro atoms. The van der Waals surface area contributed by atoms with Gasteiger partial charge in [-0.3, -0.25) is 4.98 Å². The van der Waals surface area contributed by atoms with Crippen LogP contribution in [0, 0.1) is 0 Å². The zero-order valence-electron chi connectivity index (χ0n) is 15.6. The van der Waals surface area contributed by atoms with E-state index in [0.29, 0.717) is 24.0 Å². The summed E-state index contributed by atoms with van der Waals surface area (Å²) in [7, 11) is 1.39. The molecule has 1 aliphatic rings. The van der Waals surface area contributed by atoms with Gasteiger partial charge < -0.3 is 15.8 Å². The van der Waals surface area contributed by atoms with E-state index >= 15 is 0 Å². The number of hydrogen-bond donors (Lipinski definition) is 2. The summed E-state index contributed by atoms with van der Waals surface area (Å²) >= 11 is 0. The van der Waals surface area contributed by atoms with Crippen molar-refractivity contribution in [3.05, 3.63) is 58.9 Å². The number of hydrogen-bond acceptors (Lipinski definition) is 4. The molecular weight excluding hydrogens is 455 g/mol. The minimum absolute atomic E-state index is 0. The minimum atomic E-state index is -0.341. The molecular formula is C20H25IN4O2. The molecule has 0 saturated heterocycles. The second-order valence-electron chi connectivity index (χ2n) is 6.38. The summed E-state index contributed by atoms with van der Waals surface area (Å²) in [5.41, 5.74) is 10.3. The van der Waals surface area contributed by atoms with Crippen LogP contribution in [0.3, 0.4) is 0 Å². The Hall–Kier alpha value is -2.16. The molecule has 0 bridgehead atoms. The average Bonchev–Trinajstić information content (AvgIpc) is 3.51. The van der Waals surface area contributed by atoms with Crippen LogP contribution in [0.2, 0.25) is 0 Å². The predicted octanol–water partition coefficient (Wildman–Crippen LogP) is 3.85. The fourth-order valence-corrected chi connectivity index (χ4v) is 2.78. The van der Waals surface area contributed by atoms with Crippen LogP contribution in [-0.2, 0) is 17.7 Å². The van der Waals surface area contributed by atoms with E-state index in [2.05, 4.69) is 34.3 Å². The van der Waals surface area contributed by atoms with Crippen LogP contribution in [0.15, 0.2) is 41.4 Å². The number of halogens is 1. The number of ether oxygens (including phenoxy) is 1. The van der Waals surface area contributed by atoms with Gasteiger partial charge in [-0.1, -0.05) is 19.1 Å². The third-order valence-electron chi connectivity index (χ3n) is 4.37. The van der Waals surface area contributed by atoms with Crippen molar-refractivity contribution < 1.29 is 9.53 Å². The number of carbonyl (C=O) groups is 1. The molecule has 27 heavy (non-hydrogen) atoms. The van der Waals surface area contributed by atoms with Crippen molar-refractivity contribution in [3.63, 3.8) is 0 Å². The molecule has 0 radical (unpaired) electrons. The number of nitrogens with one attached hydrogen (secondary N) is 1. The zero-order chi connectivity index (χ0) is 18.5. The predicted molar refractivity (Wildman–Crippen MR) is 118 cm³/mol. The zero-order valence-corrected chi connectivity index (χ0v) is 17.9. The summed E-state index contributed by atoms with van der Waals surface area (Å²) in [5, 5.41) is 3.10. The van der Waals surface area contributed by atoms with E-state index in [1.807, 2.05) is 12.1 Å². The Labute approximate surface area is 176 Å². The number of aryl methyl sites for hydroxylation is 1. The Balaban J connectivity index is 0.00000261. The van der Waals surface area contributed by atoms with E-state index in [1.165, 1.54) is 12.7 Å². The quantitative estimate of drug-likeness (QED) is 0.284. The number of aromatic nitrogens is 1. The van der Waals surface area contributed by atoms with E-state index in [9.17, 15) is 4.79 Å². The summed E-state index contributed by atoms with van der Waals surface area (Å²) in [6.45, 7) is 2.46. The molecule has 0 aliphatic heterocycles. The second kappa shape index (κ2) is 9.68. The summed E-state index contributed by atoms with van der Waals surface area (Å²) in [5.74, 6) is 0.344. The maximum Gasteiger partial charge on any atom is 0.339 e. The fraction of sp³-hybridized carbons (Fsp3) is 0.350. The van der Waals surface area contributed by atoms with Crippen molar-refractivity contribution in [1.29, 1.82) is 0 Å². The lowest BCUT2D eigenvalue weighted by Crippen LogP contribution is -2.22. The highest BCUT2D eigenvalue weighted by Gasteiger charge is 2.30. The summed E-state index contributed by atoms with van der Waals surface area (Å²) < 4.78 is 4.84. The van der Waals surface area contributed by atoms with Crippen molar-refractivity contribution >= 4 is 41.6 Å². The molecule has 3 N–H and O–H groups in total. The van der Waals surface area contributed by atoms with Crippen molar-refractivity contribution in [3.8, 4) is 0 Å². The second-order valence-corrected chi connectivity index (χ2v) is 6.38. The molecule has 0 atom stereocenters. The van der Waals surface area contributed by atoms with Crippen molar-refractivity contribution in [2.24, 2.45) is 10.7 Å². The molecule has 1 aliphatic carbocycles. The molecule has 1 aromatic heterocycles. The third-order valence-corrected chi connectivity index (χ3v) is 4.37. The summed E-state index contributed by atoms with van der Waals surface area (Å²) in [6.07, 6.45) is 3.08. The highest BCUT2D eigenvalue weighted by molar-refractivity contribution is 14.0. The summed E-state index contributed by atoms with van der Waals surface area (Å²) in [6, 6.07) is 11.6. The lowest BCUT2D eigenvalue weighted by molar-refractivity contribution is 0.0598. The van der Waals surface area contributed by atoms with Crippen molar-refractivity contribution in [2.45, 2.75) is 38.6 Å². The molecule has 2 aromatic rings. The monoisotopic (exact) mass is 480 g/mol. The van der Waals surface area contributed by atoms with E-state index in [0.717, 1.165) is 36.3 Å². The standard InChI is InChI=1S/C20H24N4O2.HI/c1-3-13-5-4-6-15(11-13)24-20(21)22-12-16-9-10-17(19(25)26-2)18(23-16)14-7-8-14;/h4-6,9-11,14H,3,7-8,12H2,1-2H3,(H3,21,22,24);1H. The number of esters is 1. The lowest BCUT2D eigenvalue weighted by atomic mass is 10.1. The maximum absolute atomic E-state index is 11.9. The summed E-state index contributed by atoms with van der Waals surface area (Å²) in [4.78, 5) is 20.9. The number of pyridine rings is 1. The van der Waals surface area contributed by atoms with Crippen LogP contribution < -0.4 is 11.1 Å². The van der Waals surface area contributed by atoms with E-state index in [4.69, 9.17) is 10.5 Å². The largest absolute Gasteiger partial charge is 0.465 e. The van der Waals surface area contributed by atoms with Gasteiger partial charge in [-0.05, 0) is 49.1 Å². The lowest BCUT2D eigenvalue weighted by Gasteiger charge is -2.09. The number of aliphatic imine (C=N–C) groups is 1. The van der Waals surface area contributed by atoms with Crippen molar-refractivity contribution in [2.75, 3.05) is 12.4 Å². The van der Waals surface area contributed by atoms with Gasteiger partial charge in [-0.25, -0.2) is 9.79 Å². The number of anilines is 1. The number of guanidine groups is 1. The number of methoxy groups -OCH3 is 1. The van der Waals surface area contributed by atoms with Crippen LogP contribution >= 0.6 is 24.0 Å². The first kappa shape index (κ1) is 21.1. The van der Waals surface area contributed by atoms with Crippen LogP contribution in [0.1, 0.15) is 53.0 Å². The normalized spacial score (nSPS) is 13.6. The van der Waals surface area contributed by atoms with Crippen LogP contribution in [0.4, 0.5) is 5.69 Å². The fourth-order valence-electron chi connectivity index (χ4n) is 2.78. The number of carbonyl (C=O) groups excluding carboxylic acids is 1. The Kier molecular flexibility index (Phi) is 7.58. The topological polar surface area (TPSA) is 89.6 Å². The van der Waals surface area contributed by atoms with Gasteiger partial charge in [0, 0.05) is 11.6 Å². The van der Waals surface area contributed by atoms with Gasteiger partial charge in [-0.2, -0.15) is 0 Å². The van der Waals surface area contributed by atoms with Crippen LogP contribution in [0.5, 0.6) is 0 Å². The van der Waals surface area contributed by atoms with E-state index < -0.39 is 0 Å². The third kappa shape index (κ3) is 5.66. The molecule has 6 nitrogen and oxygen atoms in total. The number of nitrogens with zero attached hydrogens (tertiary/aromatic N) is 2. The van der Waals surface area contributed by atoms with E-state index in [-0.39, 0.29) is 29.9 Å². The Bertz CT molecular complexity index is 834. The Morgan fingerprint density at radius 1 is 1.33 bits per heavy atom. The molecule has 1 heterocycles. The molecule has 1 fully saturated rings. The van der Waals surface area contributed by atoms with Gasteiger partial charge in [-0.15, -0.1) is 24.0 Å². The number of rotatable bonds is 6. The average molecular weight is 480 g/mol. The van der Waals surface area contributed by atoms with Gasteiger partial charge in [0.2, 0.25) is 0 Å². The maximum atomic E-state index is 11.9. The smallest absolute Gasteiger partial charge is 0.339 e. The molecule has 7 heteroatoms. The van der Waals surface area contributed by atoms with Gasteiger partial charge in [0.25, 0.3) is 0 Å². The van der Waals surface area contributed by atoms with Crippen LogP contribution in [0.25, 0.3) is 0 Å². The first-order chi connectivity index (χ1) is 12.6. The number of nitrogens with two attached hydrogens (primary N) is 1. The Morgan fingerprint density at radius 2 is 2.11 bits per heavy atom. The molecule has 0 unspecified atom stereocenters. The number of benzene rings is 1. The van der Waals surface area contributed by atoms with Gasteiger partial charge in [0.1, 0.15) is 0 Å². The minimum Gasteiger partial charge on any atom is -0.465 e. The van der Waals surface area contributed by atoms with Gasteiger partial charge >= 0.3 is 5.97 Å². The first-order valence-corrected chi connectivity index (χ1v) is 8.84. The van der Waals surface area contributed by atoms with Crippen molar-refractivity contribution in [1.82, 2.24) is 4.98 Å².